The number of aromatic nitrogens is 1. The predicted molar refractivity (Wildman–Crippen MR) is 113 cm³/mol. The number of aryl methyl sites for hydroxylation is 1. The van der Waals surface area contributed by atoms with E-state index >= 15 is 0 Å². The van der Waals surface area contributed by atoms with E-state index in [0.29, 0.717) is 41.1 Å². The van der Waals surface area contributed by atoms with E-state index in [1.54, 1.807) is 13.8 Å². The fourth-order valence-corrected chi connectivity index (χ4v) is 6.94. The molecule has 1 amide bonds. The van der Waals surface area contributed by atoms with E-state index in [1.807, 2.05) is 4.90 Å². The maximum atomic E-state index is 13.2. The molecule has 0 atom stereocenters. The van der Waals surface area contributed by atoms with Crippen LogP contribution in [0, 0.1) is 42.9 Å². The summed E-state index contributed by atoms with van der Waals surface area (Å²) in [4.78, 5) is 42.5. The number of Topliss-reactive ketones (excluding diaryl/α,β-unsaturated/α-hetero) is 1. The molecule has 1 aromatic rings. The minimum Gasteiger partial charge on any atom is -0.451 e. The minimum absolute atomic E-state index is 0.120. The van der Waals surface area contributed by atoms with Crippen LogP contribution >= 0.6 is 0 Å². The normalized spacial score (nSPS) is 28.3. The average molecular weight is 426 g/mol. The van der Waals surface area contributed by atoms with Gasteiger partial charge in [-0.3, -0.25) is 9.59 Å². The highest BCUT2D eigenvalue weighted by molar-refractivity contribution is 6.01. The van der Waals surface area contributed by atoms with Gasteiger partial charge in [0, 0.05) is 23.3 Å². The number of nitrogens with one attached hydrogen (secondary N) is 1. The highest BCUT2D eigenvalue weighted by Crippen LogP contribution is 2.57. The molecule has 166 valence electrons. The number of hydrogen-bond acceptors (Lipinski definition) is 5. The second-order valence-electron chi connectivity index (χ2n) is 9.85. The Balaban J connectivity index is 1.48. The van der Waals surface area contributed by atoms with Crippen LogP contribution in [0.5, 0.6) is 0 Å². The summed E-state index contributed by atoms with van der Waals surface area (Å²) < 4.78 is 5.39. The molecular weight excluding hydrogens is 394 g/mol. The fraction of sp³-hybridized carbons (Fsp3) is 0.667. The minimum atomic E-state index is -0.632. The Morgan fingerprint density at radius 1 is 1.13 bits per heavy atom. The summed E-state index contributed by atoms with van der Waals surface area (Å²) in [7, 11) is 0. The number of ketones is 1. The number of hydrogen-bond donors (Lipinski definition) is 1. The summed E-state index contributed by atoms with van der Waals surface area (Å²) >= 11 is 0. The van der Waals surface area contributed by atoms with Gasteiger partial charge in [0.15, 0.2) is 12.4 Å². The van der Waals surface area contributed by atoms with Crippen LogP contribution in [0.15, 0.2) is 0 Å². The summed E-state index contributed by atoms with van der Waals surface area (Å²) in [6.07, 6.45) is 7.07. The first-order chi connectivity index (χ1) is 14.7. The number of aromatic amines is 1. The van der Waals surface area contributed by atoms with Crippen molar-refractivity contribution >= 4 is 17.7 Å². The van der Waals surface area contributed by atoms with Crippen molar-refractivity contribution in [3.05, 3.63) is 22.5 Å². The van der Waals surface area contributed by atoms with Crippen LogP contribution in [0.4, 0.5) is 0 Å². The first-order valence-corrected chi connectivity index (χ1v) is 11.3. The van der Waals surface area contributed by atoms with E-state index < -0.39 is 5.97 Å². The molecule has 0 saturated heterocycles. The van der Waals surface area contributed by atoms with Crippen molar-refractivity contribution in [2.45, 2.75) is 71.3 Å². The first kappa shape index (κ1) is 21.6. The van der Waals surface area contributed by atoms with Crippen LogP contribution in [-0.2, 0) is 9.53 Å². The summed E-state index contributed by atoms with van der Waals surface area (Å²) in [5, 5.41) is 9.14. The van der Waals surface area contributed by atoms with E-state index in [4.69, 9.17) is 10.00 Å². The van der Waals surface area contributed by atoms with Gasteiger partial charge in [0.25, 0.3) is 5.91 Å². The number of ether oxygens (including phenoxy) is 1. The molecule has 4 saturated carbocycles. The molecule has 31 heavy (non-hydrogen) atoms. The number of H-pyrrole nitrogens is 1. The van der Waals surface area contributed by atoms with Crippen molar-refractivity contribution in [1.82, 2.24) is 9.88 Å². The quantitative estimate of drug-likeness (QED) is 0.530. The van der Waals surface area contributed by atoms with Gasteiger partial charge in [-0.2, -0.15) is 5.26 Å². The van der Waals surface area contributed by atoms with E-state index in [0.717, 1.165) is 19.3 Å². The molecule has 7 nitrogen and oxygen atoms in total. The Morgan fingerprint density at radius 2 is 1.71 bits per heavy atom. The zero-order valence-electron chi connectivity index (χ0n) is 18.6. The van der Waals surface area contributed by atoms with Crippen LogP contribution in [0.1, 0.15) is 84.0 Å². The van der Waals surface area contributed by atoms with Crippen LogP contribution in [-0.4, -0.2) is 46.2 Å². The fourth-order valence-electron chi connectivity index (χ4n) is 6.94. The lowest BCUT2D eigenvalue weighted by Gasteiger charge is -2.60. The van der Waals surface area contributed by atoms with Gasteiger partial charge in [0.2, 0.25) is 0 Å². The Labute approximate surface area is 183 Å². The molecular formula is C24H31N3O4. The Morgan fingerprint density at radius 3 is 2.19 bits per heavy atom. The SMILES string of the molecule is CC(=O)c1c(C)[nH]c(C(=O)OCC(=O)N(CCC#N)C23CC4CC(CC(C4)C2)C3)c1C. The van der Waals surface area contributed by atoms with E-state index in [2.05, 4.69) is 11.1 Å². The van der Waals surface area contributed by atoms with E-state index in [9.17, 15) is 14.4 Å². The summed E-state index contributed by atoms with van der Waals surface area (Å²) in [5.41, 5.74) is 1.68. The molecule has 5 rings (SSSR count). The zero-order chi connectivity index (χ0) is 22.3. The standard InChI is InChI=1S/C24H31N3O4/c1-14-21(16(3)28)15(2)26-22(14)23(30)31-13-20(29)27(6-4-5-25)24-10-17-7-18(11-24)9-19(8-17)12-24/h17-19,26H,4,6-13H2,1-3H3. The summed E-state index contributed by atoms with van der Waals surface area (Å²) in [5.74, 6) is 1.03. The van der Waals surface area contributed by atoms with E-state index in [1.165, 1.54) is 26.2 Å². The van der Waals surface area contributed by atoms with Crippen LogP contribution < -0.4 is 0 Å². The van der Waals surface area contributed by atoms with Gasteiger partial charge < -0.3 is 14.6 Å². The highest BCUT2D eigenvalue weighted by atomic mass is 16.5. The smallest absolute Gasteiger partial charge is 0.355 e. The number of esters is 1. The molecule has 1 N–H and O–H groups in total. The molecule has 0 aliphatic heterocycles. The Kier molecular flexibility index (Phi) is 5.67. The van der Waals surface area contributed by atoms with Crippen molar-refractivity contribution in [2.75, 3.05) is 13.2 Å². The highest BCUT2D eigenvalue weighted by Gasteiger charge is 2.54. The molecule has 4 aliphatic carbocycles. The molecule has 0 radical (unpaired) electrons. The molecule has 1 heterocycles. The molecule has 0 aromatic carbocycles. The summed E-state index contributed by atoms with van der Waals surface area (Å²) in [6, 6.07) is 2.16. The maximum Gasteiger partial charge on any atom is 0.355 e. The van der Waals surface area contributed by atoms with Crippen LogP contribution in [0.3, 0.4) is 0 Å². The van der Waals surface area contributed by atoms with Crippen molar-refractivity contribution in [3.8, 4) is 6.07 Å². The molecule has 4 fully saturated rings. The maximum absolute atomic E-state index is 13.2. The largest absolute Gasteiger partial charge is 0.451 e. The second kappa shape index (κ2) is 8.14. The lowest BCUT2D eigenvalue weighted by molar-refractivity contribution is -0.153. The first-order valence-electron chi connectivity index (χ1n) is 11.3. The number of carbonyl (C=O) groups excluding carboxylic acids is 3. The van der Waals surface area contributed by atoms with Gasteiger partial charge in [0.1, 0.15) is 5.69 Å². The molecule has 4 aliphatic rings. The predicted octanol–water partition coefficient (Wildman–Crippen LogP) is 3.70. The van der Waals surface area contributed by atoms with Crippen molar-refractivity contribution in [2.24, 2.45) is 17.8 Å². The Hall–Kier alpha value is -2.62. The van der Waals surface area contributed by atoms with Crippen LogP contribution in [0.2, 0.25) is 0 Å². The number of rotatable bonds is 7. The molecule has 1 aromatic heterocycles. The average Bonchev–Trinajstić information content (AvgIpc) is 2.99. The van der Waals surface area contributed by atoms with Crippen molar-refractivity contribution in [3.63, 3.8) is 0 Å². The third-order valence-electron chi connectivity index (χ3n) is 7.65. The zero-order valence-corrected chi connectivity index (χ0v) is 18.6. The van der Waals surface area contributed by atoms with Crippen LogP contribution in [0.25, 0.3) is 0 Å². The number of nitrogens with zero attached hydrogens (tertiary/aromatic N) is 2. The summed E-state index contributed by atoms with van der Waals surface area (Å²) in [6.45, 7) is 4.93. The lowest BCUT2D eigenvalue weighted by atomic mass is 9.52. The van der Waals surface area contributed by atoms with E-state index in [-0.39, 0.29) is 36.0 Å². The monoisotopic (exact) mass is 425 g/mol. The van der Waals surface area contributed by atoms with Gasteiger partial charge >= 0.3 is 5.97 Å². The molecule has 4 bridgehead atoms. The molecule has 0 unspecified atom stereocenters. The molecule has 7 heteroatoms. The second-order valence-corrected chi connectivity index (χ2v) is 9.85. The van der Waals surface area contributed by atoms with Crippen molar-refractivity contribution in [1.29, 1.82) is 5.26 Å². The lowest BCUT2D eigenvalue weighted by Crippen LogP contribution is -2.62. The topological polar surface area (TPSA) is 103 Å². The third-order valence-corrected chi connectivity index (χ3v) is 7.65. The number of nitriles is 1. The third kappa shape index (κ3) is 3.88. The number of amides is 1. The number of carbonyl (C=O) groups is 3. The van der Waals surface area contributed by atoms with Crippen molar-refractivity contribution < 1.29 is 19.1 Å². The van der Waals surface area contributed by atoms with Gasteiger partial charge in [-0.25, -0.2) is 4.79 Å². The van der Waals surface area contributed by atoms with Gasteiger partial charge in [0.05, 0.1) is 12.5 Å². The van der Waals surface area contributed by atoms with Gasteiger partial charge in [-0.05, 0) is 82.6 Å². The van der Waals surface area contributed by atoms with Gasteiger partial charge in [-0.15, -0.1) is 0 Å². The Bertz CT molecular complexity index is 919. The molecule has 0 spiro atoms. The van der Waals surface area contributed by atoms with Gasteiger partial charge in [-0.1, -0.05) is 0 Å².